The predicted octanol–water partition coefficient (Wildman–Crippen LogP) is 2.79. The summed E-state index contributed by atoms with van der Waals surface area (Å²) < 4.78 is 18.8. The number of hydrogen-bond donors (Lipinski definition) is 1. The summed E-state index contributed by atoms with van der Waals surface area (Å²) in [7, 11) is 2.69. The third-order valence-electron chi connectivity index (χ3n) is 4.51. The quantitative estimate of drug-likeness (QED) is 0.284. The van der Waals surface area contributed by atoms with Crippen LogP contribution in [0, 0.1) is 15.9 Å². The lowest BCUT2D eigenvalue weighted by molar-refractivity contribution is -0.384. The fourth-order valence-corrected chi connectivity index (χ4v) is 3.13. The van der Waals surface area contributed by atoms with E-state index in [-0.39, 0.29) is 22.6 Å². The summed E-state index contributed by atoms with van der Waals surface area (Å²) in [5, 5.41) is 21.6. The van der Waals surface area contributed by atoms with Crippen molar-refractivity contribution in [1.82, 2.24) is 4.90 Å². The Hall–Kier alpha value is -3.75. The maximum absolute atomic E-state index is 13.7. The average molecular weight is 386 g/mol. The van der Waals surface area contributed by atoms with Crippen molar-refractivity contribution in [1.29, 1.82) is 0 Å². The van der Waals surface area contributed by atoms with Gasteiger partial charge in [-0.05, 0) is 35.9 Å². The van der Waals surface area contributed by atoms with Crippen molar-refractivity contribution in [2.75, 3.05) is 14.2 Å². The minimum Gasteiger partial charge on any atom is -0.507 e. The van der Waals surface area contributed by atoms with E-state index in [4.69, 9.17) is 4.74 Å². The van der Waals surface area contributed by atoms with Gasteiger partial charge in [0.2, 0.25) is 0 Å². The van der Waals surface area contributed by atoms with Gasteiger partial charge in [-0.25, -0.2) is 4.39 Å². The van der Waals surface area contributed by atoms with Gasteiger partial charge >= 0.3 is 0 Å². The first-order valence-corrected chi connectivity index (χ1v) is 8.09. The maximum Gasteiger partial charge on any atom is 0.295 e. The molecule has 2 aromatic rings. The second kappa shape index (κ2) is 7.10. The number of nitrogens with zero attached hydrogens (tertiary/aromatic N) is 2. The Balaban J connectivity index is 2.20. The average Bonchev–Trinajstić information content (AvgIpc) is 2.91. The maximum atomic E-state index is 13.7. The molecule has 8 nitrogen and oxygen atoms in total. The number of non-ortho nitro benzene ring substituents is 1. The minimum atomic E-state index is -0.992. The SMILES string of the molecule is COc1ccc(F)cc1/C(O)=C1\C(=O)C(=O)N(C)C1c1ccc([N+](=O)[O-])cc1. The number of likely N-dealkylation sites (N-methyl/N-ethyl adjacent to an activating group) is 1. The Kier molecular flexibility index (Phi) is 4.83. The van der Waals surface area contributed by atoms with Crippen LogP contribution < -0.4 is 4.74 Å². The molecule has 1 atom stereocenters. The molecule has 3 rings (SSSR count). The minimum absolute atomic E-state index is 0.0825. The molecule has 1 amide bonds. The van der Waals surface area contributed by atoms with Gasteiger partial charge in [-0.2, -0.15) is 0 Å². The molecule has 144 valence electrons. The number of carbonyl (C=O) groups excluding carboxylic acids is 2. The van der Waals surface area contributed by atoms with E-state index in [0.29, 0.717) is 5.56 Å². The number of carbonyl (C=O) groups is 2. The molecule has 1 saturated heterocycles. The summed E-state index contributed by atoms with van der Waals surface area (Å²) in [4.78, 5) is 36.2. The van der Waals surface area contributed by atoms with Gasteiger partial charge in [0.1, 0.15) is 17.3 Å². The Bertz CT molecular complexity index is 1020. The van der Waals surface area contributed by atoms with Crippen LogP contribution in [-0.2, 0) is 9.59 Å². The molecule has 2 aromatic carbocycles. The number of ketones is 1. The molecule has 0 bridgehead atoms. The van der Waals surface area contributed by atoms with Crippen molar-refractivity contribution >= 4 is 23.1 Å². The van der Waals surface area contributed by atoms with E-state index < -0.39 is 34.2 Å². The fourth-order valence-electron chi connectivity index (χ4n) is 3.13. The summed E-state index contributed by atoms with van der Waals surface area (Å²) in [6, 6.07) is 7.65. The van der Waals surface area contributed by atoms with Crippen LogP contribution in [0.3, 0.4) is 0 Å². The molecular formula is C19H15FN2O6. The summed E-state index contributed by atoms with van der Waals surface area (Å²) in [5.74, 6) is -2.96. The molecule has 9 heteroatoms. The number of hydrogen-bond acceptors (Lipinski definition) is 6. The molecule has 1 aliphatic rings. The van der Waals surface area contributed by atoms with Crippen LogP contribution in [0.5, 0.6) is 5.75 Å². The van der Waals surface area contributed by atoms with Crippen molar-refractivity contribution in [2.24, 2.45) is 0 Å². The molecule has 1 fully saturated rings. The summed E-state index contributed by atoms with van der Waals surface area (Å²) in [6.07, 6.45) is 0. The van der Waals surface area contributed by atoms with E-state index in [1.54, 1.807) is 0 Å². The highest BCUT2D eigenvalue weighted by Crippen LogP contribution is 2.40. The van der Waals surface area contributed by atoms with Crippen molar-refractivity contribution in [3.05, 3.63) is 75.1 Å². The van der Waals surface area contributed by atoms with E-state index in [9.17, 15) is 29.2 Å². The first-order valence-electron chi connectivity index (χ1n) is 8.09. The second-order valence-electron chi connectivity index (χ2n) is 6.10. The second-order valence-corrected chi connectivity index (χ2v) is 6.10. The van der Waals surface area contributed by atoms with Gasteiger partial charge in [0, 0.05) is 19.2 Å². The Morgan fingerprint density at radius 2 is 1.86 bits per heavy atom. The number of methoxy groups -OCH3 is 1. The Morgan fingerprint density at radius 1 is 1.21 bits per heavy atom. The number of nitro benzene ring substituents is 1. The van der Waals surface area contributed by atoms with E-state index in [1.807, 2.05) is 0 Å². The van der Waals surface area contributed by atoms with Gasteiger partial charge in [0.15, 0.2) is 0 Å². The lowest BCUT2D eigenvalue weighted by Crippen LogP contribution is -2.24. The van der Waals surface area contributed by atoms with Crippen LogP contribution in [0.25, 0.3) is 5.76 Å². The van der Waals surface area contributed by atoms with Crippen molar-refractivity contribution in [3.63, 3.8) is 0 Å². The van der Waals surface area contributed by atoms with Crippen LogP contribution in [0.4, 0.5) is 10.1 Å². The van der Waals surface area contributed by atoms with Gasteiger partial charge < -0.3 is 14.7 Å². The zero-order valence-electron chi connectivity index (χ0n) is 14.9. The topological polar surface area (TPSA) is 110 Å². The molecule has 1 unspecified atom stereocenters. The lowest BCUT2D eigenvalue weighted by Gasteiger charge is -2.21. The number of aliphatic hydroxyl groups is 1. The number of rotatable bonds is 4. The van der Waals surface area contributed by atoms with Gasteiger partial charge in [0.25, 0.3) is 17.4 Å². The van der Waals surface area contributed by atoms with Crippen molar-refractivity contribution in [2.45, 2.75) is 6.04 Å². The molecule has 1 heterocycles. The predicted molar refractivity (Wildman–Crippen MR) is 96.1 cm³/mol. The van der Waals surface area contributed by atoms with Gasteiger partial charge in [-0.15, -0.1) is 0 Å². The third kappa shape index (κ3) is 3.07. The van der Waals surface area contributed by atoms with Gasteiger partial charge in [-0.3, -0.25) is 19.7 Å². The standard InChI is InChI=1S/C19H15FN2O6/c1-21-16(10-3-6-12(7-4-10)22(26)27)15(18(24)19(21)25)17(23)13-9-11(20)5-8-14(13)28-2/h3-9,16,23H,1-2H3/b17-15+. The summed E-state index contributed by atoms with van der Waals surface area (Å²) in [6.45, 7) is 0. The molecule has 28 heavy (non-hydrogen) atoms. The molecular weight excluding hydrogens is 371 g/mol. The summed E-state index contributed by atoms with van der Waals surface area (Å²) in [5.41, 5.74) is -0.126. The smallest absolute Gasteiger partial charge is 0.295 e. The fraction of sp³-hybridized carbons (Fsp3) is 0.158. The first kappa shape index (κ1) is 19.0. The third-order valence-corrected chi connectivity index (χ3v) is 4.51. The number of nitro groups is 1. The molecule has 0 aliphatic carbocycles. The number of ether oxygens (including phenoxy) is 1. The monoisotopic (exact) mass is 386 g/mol. The highest BCUT2D eigenvalue weighted by Gasteiger charge is 2.44. The zero-order chi connectivity index (χ0) is 20.6. The van der Waals surface area contributed by atoms with Gasteiger partial charge in [-0.1, -0.05) is 0 Å². The Morgan fingerprint density at radius 3 is 2.43 bits per heavy atom. The van der Waals surface area contributed by atoms with Crippen molar-refractivity contribution < 1.29 is 28.7 Å². The van der Waals surface area contributed by atoms with Gasteiger partial charge in [0.05, 0.1) is 29.2 Å². The molecule has 0 spiro atoms. The zero-order valence-corrected chi connectivity index (χ0v) is 14.9. The molecule has 1 N–H and O–H groups in total. The number of amides is 1. The van der Waals surface area contributed by atoms with Crippen LogP contribution >= 0.6 is 0 Å². The Labute approximate surface area is 158 Å². The van der Waals surface area contributed by atoms with E-state index in [2.05, 4.69) is 0 Å². The first-order chi connectivity index (χ1) is 13.3. The normalized spacial score (nSPS) is 18.4. The van der Waals surface area contributed by atoms with Crippen LogP contribution in [0.15, 0.2) is 48.0 Å². The molecule has 0 aromatic heterocycles. The van der Waals surface area contributed by atoms with Crippen LogP contribution in [-0.4, -0.2) is 40.8 Å². The number of halogens is 1. The van der Waals surface area contributed by atoms with Crippen LogP contribution in [0.2, 0.25) is 0 Å². The largest absolute Gasteiger partial charge is 0.507 e. The molecule has 0 saturated carbocycles. The highest BCUT2D eigenvalue weighted by molar-refractivity contribution is 6.46. The van der Waals surface area contributed by atoms with Crippen molar-refractivity contribution in [3.8, 4) is 5.75 Å². The molecule has 1 aliphatic heterocycles. The lowest BCUT2D eigenvalue weighted by atomic mass is 9.95. The van der Waals surface area contributed by atoms with E-state index in [0.717, 1.165) is 17.0 Å². The number of aliphatic hydroxyl groups excluding tert-OH is 1. The van der Waals surface area contributed by atoms with Crippen LogP contribution in [0.1, 0.15) is 17.2 Å². The number of Topliss-reactive ketones (excluding diaryl/α,β-unsaturated/α-hetero) is 1. The highest BCUT2D eigenvalue weighted by atomic mass is 19.1. The summed E-state index contributed by atoms with van der Waals surface area (Å²) >= 11 is 0. The number of benzene rings is 2. The van der Waals surface area contributed by atoms with E-state index >= 15 is 0 Å². The van der Waals surface area contributed by atoms with E-state index in [1.165, 1.54) is 44.5 Å². The molecule has 0 radical (unpaired) electrons. The number of likely N-dealkylation sites (tertiary alicyclic amines) is 1.